The van der Waals surface area contributed by atoms with Crippen LogP contribution in [0.2, 0.25) is 0 Å². The van der Waals surface area contributed by atoms with E-state index in [-0.39, 0.29) is 76.4 Å². The summed E-state index contributed by atoms with van der Waals surface area (Å²) < 4.78 is 57.8. The number of nitrogens with one attached hydrogen (secondary N) is 5. The van der Waals surface area contributed by atoms with E-state index in [1.807, 2.05) is 26.4 Å². The van der Waals surface area contributed by atoms with Crippen LogP contribution in [0, 0.1) is 17.8 Å². The molecule has 5 amide bonds. The lowest BCUT2D eigenvalue weighted by Gasteiger charge is -2.45. The maximum Gasteiger partial charge on any atom is 0.246 e. The molecule has 0 spiro atoms. The van der Waals surface area contributed by atoms with Crippen molar-refractivity contribution in [3.05, 3.63) is 0 Å². The summed E-state index contributed by atoms with van der Waals surface area (Å²) in [5.74, 6) is -2.05. The first kappa shape index (κ1) is 78.7. The van der Waals surface area contributed by atoms with Gasteiger partial charge in [0.05, 0.1) is 32.5 Å². The smallest absolute Gasteiger partial charge is 0.246 e. The van der Waals surface area contributed by atoms with Gasteiger partial charge in [-0.1, -0.05) is 33.6 Å². The Balaban J connectivity index is 1.33. The molecular weight excluding hydrogens is 1220 g/mol. The topological polar surface area (TPSA) is 466 Å². The molecule has 4 heterocycles. The highest BCUT2D eigenvalue weighted by atomic mass is 32.2. The number of carbonyl (C=O) groups is 5. The molecule has 17 N–H and O–H groups in total. The van der Waals surface area contributed by atoms with Crippen molar-refractivity contribution < 1.29 is 122 Å². The highest BCUT2D eigenvalue weighted by Crippen LogP contribution is 2.32. The van der Waals surface area contributed by atoms with E-state index < -0.39 is 185 Å². The van der Waals surface area contributed by atoms with Gasteiger partial charge in [0, 0.05) is 75.1 Å². The summed E-state index contributed by atoms with van der Waals surface area (Å²) in [5.41, 5.74) is 5.46. The van der Waals surface area contributed by atoms with Gasteiger partial charge in [0.1, 0.15) is 111 Å². The Labute approximate surface area is 528 Å². The maximum atomic E-state index is 13.6. The fourth-order valence-electron chi connectivity index (χ4n) is 10.5. The summed E-state index contributed by atoms with van der Waals surface area (Å²) in [6, 6.07) is 0. The molecule has 4 rings (SSSR count). The Morgan fingerprint density at radius 1 is 0.461 bits per heavy atom. The predicted molar refractivity (Wildman–Crippen MR) is 319 cm³/mol. The molecule has 0 radical (unpaired) electrons. The normalized spacial score (nSPS) is 33.4. The highest BCUT2D eigenvalue weighted by Gasteiger charge is 2.52. The zero-order valence-electron chi connectivity index (χ0n) is 51.8. The van der Waals surface area contributed by atoms with Gasteiger partial charge in [-0.15, -0.1) is 0 Å². The average molecular weight is 1320 g/mol. The third-order valence-corrected chi connectivity index (χ3v) is 17.0. The van der Waals surface area contributed by atoms with Crippen LogP contribution in [0.4, 0.5) is 0 Å². The predicted octanol–water partition coefficient (Wildman–Crippen LogP) is -5.70. The minimum Gasteiger partial charge on any atom is -0.388 e. The number of thioether (sulfide) groups is 2. The molecule has 0 aromatic heterocycles. The number of unbranched alkanes of at least 4 members (excludes halogenated alkanes) is 1. The van der Waals surface area contributed by atoms with Gasteiger partial charge >= 0.3 is 0 Å². The lowest BCUT2D eigenvalue weighted by atomic mass is 9.82. The van der Waals surface area contributed by atoms with Gasteiger partial charge in [-0.2, -0.15) is 23.5 Å². The van der Waals surface area contributed by atoms with Crippen molar-refractivity contribution in [2.45, 2.75) is 195 Å². The fraction of sp³-hybridized carbons (Fsp3) is 0.911. The van der Waals surface area contributed by atoms with Crippen molar-refractivity contribution in [3.8, 4) is 0 Å². The van der Waals surface area contributed by atoms with Gasteiger partial charge in [-0.25, -0.2) is 0 Å². The molecule has 0 saturated carbocycles. The number of nitrogens with two attached hydrogens (primary N) is 1. The van der Waals surface area contributed by atoms with Crippen LogP contribution in [-0.2, 0) is 71.3 Å². The monoisotopic (exact) mass is 1320 g/mol. The first-order chi connectivity index (χ1) is 42.6. The third-order valence-electron chi connectivity index (χ3n) is 15.8. The quantitative estimate of drug-likeness (QED) is 0.0254. The van der Waals surface area contributed by atoms with Gasteiger partial charge in [0.25, 0.3) is 0 Å². The fourth-order valence-corrected chi connectivity index (χ4v) is 11.1. The summed E-state index contributed by atoms with van der Waals surface area (Å²) in [5, 5.41) is 123. The van der Waals surface area contributed by atoms with E-state index in [0.717, 1.165) is 18.6 Å². The van der Waals surface area contributed by atoms with Crippen molar-refractivity contribution in [3.63, 3.8) is 0 Å². The van der Waals surface area contributed by atoms with E-state index in [9.17, 15) is 75.0 Å². The number of aliphatic hydroxyl groups excluding tert-OH is 10. The summed E-state index contributed by atoms with van der Waals surface area (Å²) in [6.45, 7) is 5.18. The molecule has 33 heteroatoms. The number of ether oxygens (including phenoxy) is 10. The molecule has 0 aromatic carbocycles. The van der Waals surface area contributed by atoms with Crippen molar-refractivity contribution in [1.82, 2.24) is 26.6 Å². The van der Waals surface area contributed by atoms with Crippen LogP contribution in [-0.4, -0.2) is 313 Å². The van der Waals surface area contributed by atoms with E-state index in [1.165, 1.54) is 0 Å². The average Bonchev–Trinajstić information content (AvgIpc) is 3.59. The molecular formula is C56H102N6O25S2. The maximum absolute atomic E-state index is 13.6. The van der Waals surface area contributed by atoms with E-state index in [4.69, 9.17) is 53.1 Å². The molecule has 0 aliphatic carbocycles. The van der Waals surface area contributed by atoms with Gasteiger partial charge in [-0.3, -0.25) is 24.0 Å². The van der Waals surface area contributed by atoms with Crippen LogP contribution in [0.15, 0.2) is 0 Å². The molecule has 4 aliphatic heterocycles. The number of carbonyl (C=O) groups excluding carboxylic acids is 5. The summed E-state index contributed by atoms with van der Waals surface area (Å²) in [4.78, 5) is 65.9. The van der Waals surface area contributed by atoms with Gasteiger partial charge < -0.3 is 131 Å². The van der Waals surface area contributed by atoms with E-state index in [2.05, 4.69) is 26.6 Å². The van der Waals surface area contributed by atoms with Crippen molar-refractivity contribution in [1.29, 1.82) is 0 Å². The Bertz CT molecular complexity index is 2060. The Morgan fingerprint density at radius 2 is 0.899 bits per heavy atom. The first-order valence-corrected chi connectivity index (χ1v) is 33.5. The van der Waals surface area contributed by atoms with Crippen LogP contribution in [0.1, 0.15) is 72.6 Å². The number of rotatable bonds is 41. The second-order valence-electron chi connectivity index (χ2n) is 22.3. The largest absolute Gasteiger partial charge is 0.388 e. The number of hydrogen-bond donors (Lipinski definition) is 16. The third kappa shape index (κ3) is 24.5. The SMILES string of the molecule is CCCCC(CC(CC(CC)C(=O)NCCNC(=O)COC1C(COCC)OC(OCC2OC(OCC3OC(OCC4OC(CC)C(O)C(O)C4O)C(OCC(=O)NCCN)C(O)C3O)C(O)C(O)C2O)C(O)C1O)C(=O)NCCSC)C(=O)NCCSC. The molecule has 0 bridgehead atoms. The molecule has 4 fully saturated rings. The standard InChI is InChI=1S/C56H102N6O25S2/c1-7-11-12-30(52(76)61-17-19-88-5)22-31(53(77)62-18-20-89-6)21-29(8-2)51(75)60-16-15-59-38(64)27-79-49-36(23-78-10-4)87-55(48(74)46(49)72)82-25-34-41(67)44(70)47(73)54(85-34)81-26-35-42(68)45(71)50(80-28-37(63)58-14-13-57)56(86-35)83-24-33-40(66)43(69)39(65)32(9-3)84-33/h29-36,39-50,54-56,65-74H,7-28,57H2,1-6H3,(H,58,63)(H,59,64)(H,60,75)(H,61,76)(H,62,77). The molecule has 89 heavy (non-hydrogen) atoms. The zero-order valence-corrected chi connectivity index (χ0v) is 53.5. The second-order valence-corrected chi connectivity index (χ2v) is 24.3. The number of aliphatic hydroxyl groups is 10. The molecule has 23 atom stereocenters. The van der Waals surface area contributed by atoms with Crippen LogP contribution in [0.3, 0.4) is 0 Å². The van der Waals surface area contributed by atoms with Crippen molar-refractivity contribution in [2.24, 2.45) is 23.5 Å². The van der Waals surface area contributed by atoms with Crippen molar-refractivity contribution in [2.75, 3.05) is 110 Å². The van der Waals surface area contributed by atoms with Gasteiger partial charge in [0.2, 0.25) is 29.5 Å². The summed E-state index contributed by atoms with van der Waals surface area (Å²) in [6.07, 6.45) is -24.7. The summed E-state index contributed by atoms with van der Waals surface area (Å²) >= 11 is 3.20. The minimum atomic E-state index is -1.95. The van der Waals surface area contributed by atoms with E-state index >= 15 is 0 Å². The Hall–Kier alpha value is -2.79. The molecule has 4 aliphatic rings. The Morgan fingerprint density at radius 3 is 1.45 bits per heavy atom. The minimum absolute atomic E-state index is 0.0179. The molecule has 4 saturated heterocycles. The molecule has 0 aromatic rings. The van der Waals surface area contributed by atoms with Crippen molar-refractivity contribution >= 4 is 53.1 Å². The highest BCUT2D eigenvalue weighted by molar-refractivity contribution is 7.98. The lowest BCUT2D eigenvalue weighted by molar-refractivity contribution is -0.347. The number of amides is 5. The summed E-state index contributed by atoms with van der Waals surface area (Å²) in [7, 11) is 0. The molecule has 518 valence electrons. The number of hydrogen-bond acceptors (Lipinski definition) is 28. The van der Waals surface area contributed by atoms with E-state index in [0.29, 0.717) is 31.7 Å². The lowest BCUT2D eigenvalue weighted by Crippen LogP contribution is -2.63. The molecule has 31 nitrogen and oxygen atoms in total. The zero-order chi connectivity index (χ0) is 65.7. The van der Waals surface area contributed by atoms with Crippen LogP contribution < -0.4 is 32.3 Å². The van der Waals surface area contributed by atoms with E-state index in [1.54, 1.807) is 37.4 Å². The van der Waals surface area contributed by atoms with Crippen LogP contribution in [0.25, 0.3) is 0 Å². The molecule has 23 unspecified atom stereocenters. The first-order valence-electron chi connectivity index (χ1n) is 30.7. The van der Waals surface area contributed by atoms with Gasteiger partial charge in [-0.05, 0) is 51.5 Å². The van der Waals surface area contributed by atoms with Crippen LogP contribution in [0.5, 0.6) is 0 Å². The Kier molecular flexibility index (Phi) is 37.0. The van der Waals surface area contributed by atoms with Crippen LogP contribution >= 0.6 is 23.5 Å². The second kappa shape index (κ2) is 41.8. The van der Waals surface area contributed by atoms with Gasteiger partial charge in [0.15, 0.2) is 18.9 Å².